The van der Waals surface area contributed by atoms with Gasteiger partial charge in [0, 0.05) is 18.5 Å². The smallest absolute Gasteiger partial charge is 0.191 e. The zero-order valence-electron chi connectivity index (χ0n) is 15.6. The molecule has 3 aromatic rings. The van der Waals surface area contributed by atoms with Crippen molar-refractivity contribution in [3.8, 4) is 0 Å². The first-order valence-corrected chi connectivity index (χ1v) is 9.23. The third-order valence-corrected chi connectivity index (χ3v) is 5.04. The van der Waals surface area contributed by atoms with Crippen LogP contribution in [0.15, 0.2) is 41.9 Å². The number of nitrogens with one attached hydrogen (secondary N) is 2. The summed E-state index contributed by atoms with van der Waals surface area (Å²) in [6.45, 7) is 6.21. The lowest BCUT2D eigenvalue weighted by Crippen LogP contribution is -2.36. The van der Waals surface area contributed by atoms with Gasteiger partial charge >= 0.3 is 0 Å². The minimum atomic E-state index is 0. The van der Waals surface area contributed by atoms with E-state index in [1.807, 2.05) is 11.6 Å². The van der Waals surface area contributed by atoms with Crippen LogP contribution in [-0.2, 0) is 19.6 Å². The molecule has 0 saturated carbocycles. The highest BCUT2D eigenvalue weighted by molar-refractivity contribution is 14.0. The van der Waals surface area contributed by atoms with Gasteiger partial charge in [0.2, 0.25) is 0 Å². The van der Waals surface area contributed by atoms with E-state index in [4.69, 9.17) is 0 Å². The molecule has 9 heteroatoms. The maximum Gasteiger partial charge on any atom is 0.191 e. The first-order chi connectivity index (χ1) is 12.6. The van der Waals surface area contributed by atoms with E-state index in [2.05, 4.69) is 61.9 Å². The standard InChI is InChI=1S/C18H23N7S.HI/c1-13-14(2)26-17(24-13)9-22-18(19-3)21-8-15-5-4-6-16(7-15)10-25-12-20-11-23-25;/h4-7,11-12H,8-10H2,1-3H3,(H2,19,21,22);1H. The molecule has 144 valence electrons. The summed E-state index contributed by atoms with van der Waals surface area (Å²) in [5, 5.41) is 11.9. The van der Waals surface area contributed by atoms with Crippen molar-refractivity contribution in [2.45, 2.75) is 33.5 Å². The quantitative estimate of drug-likeness (QED) is 0.311. The molecular weight excluding hydrogens is 473 g/mol. The summed E-state index contributed by atoms with van der Waals surface area (Å²) in [7, 11) is 1.77. The first-order valence-electron chi connectivity index (χ1n) is 8.41. The van der Waals surface area contributed by atoms with E-state index in [0.717, 1.165) is 16.7 Å². The number of thiazole rings is 1. The van der Waals surface area contributed by atoms with Gasteiger partial charge in [-0.1, -0.05) is 24.3 Å². The van der Waals surface area contributed by atoms with Crippen LogP contribution in [0.5, 0.6) is 0 Å². The zero-order chi connectivity index (χ0) is 18.4. The zero-order valence-corrected chi connectivity index (χ0v) is 18.8. The van der Waals surface area contributed by atoms with Crippen molar-refractivity contribution < 1.29 is 0 Å². The van der Waals surface area contributed by atoms with Crippen molar-refractivity contribution in [2.24, 2.45) is 4.99 Å². The van der Waals surface area contributed by atoms with Crippen molar-refractivity contribution in [2.75, 3.05) is 7.05 Å². The van der Waals surface area contributed by atoms with Crippen LogP contribution in [0.1, 0.15) is 26.7 Å². The SMILES string of the molecule is CN=C(NCc1cccc(Cn2cncn2)c1)NCc1nc(C)c(C)s1.I. The summed E-state index contributed by atoms with van der Waals surface area (Å²) in [6.07, 6.45) is 3.27. The number of benzene rings is 1. The van der Waals surface area contributed by atoms with Gasteiger partial charge in [0.15, 0.2) is 5.96 Å². The van der Waals surface area contributed by atoms with Crippen LogP contribution in [0.3, 0.4) is 0 Å². The summed E-state index contributed by atoms with van der Waals surface area (Å²) in [5.74, 6) is 0.761. The van der Waals surface area contributed by atoms with Crippen molar-refractivity contribution in [3.05, 3.63) is 63.6 Å². The Kier molecular flexibility index (Phi) is 8.17. The Morgan fingerprint density at radius 3 is 2.63 bits per heavy atom. The summed E-state index contributed by atoms with van der Waals surface area (Å²) >= 11 is 1.72. The van der Waals surface area contributed by atoms with E-state index in [0.29, 0.717) is 19.6 Å². The van der Waals surface area contributed by atoms with Crippen molar-refractivity contribution >= 4 is 41.3 Å². The fraction of sp³-hybridized carbons (Fsp3) is 0.333. The lowest BCUT2D eigenvalue weighted by atomic mass is 10.1. The summed E-state index contributed by atoms with van der Waals surface area (Å²) in [4.78, 5) is 14.1. The molecule has 0 amide bonds. The molecule has 0 aliphatic carbocycles. The number of rotatable bonds is 6. The maximum atomic E-state index is 4.54. The third kappa shape index (κ3) is 6.28. The largest absolute Gasteiger partial charge is 0.352 e. The second-order valence-corrected chi connectivity index (χ2v) is 7.23. The highest BCUT2D eigenvalue weighted by Crippen LogP contribution is 2.15. The molecule has 0 saturated heterocycles. The van der Waals surface area contributed by atoms with Gasteiger partial charge in [-0.2, -0.15) is 5.10 Å². The molecule has 1 aromatic carbocycles. The lowest BCUT2D eigenvalue weighted by Gasteiger charge is -2.12. The highest BCUT2D eigenvalue weighted by Gasteiger charge is 2.05. The molecule has 27 heavy (non-hydrogen) atoms. The Labute approximate surface area is 180 Å². The first kappa shape index (κ1) is 21.3. The van der Waals surface area contributed by atoms with E-state index in [-0.39, 0.29) is 24.0 Å². The highest BCUT2D eigenvalue weighted by atomic mass is 127. The van der Waals surface area contributed by atoms with Crippen LogP contribution in [0.25, 0.3) is 0 Å². The lowest BCUT2D eigenvalue weighted by molar-refractivity contribution is 0.683. The Bertz CT molecular complexity index is 854. The number of aliphatic imine (C=N–C) groups is 1. The van der Waals surface area contributed by atoms with Crippen LogP contribution in [0.2, 0.25) is 0 Å². The van der Waals surface area contributed by atoms with Crippen molar-refractivity contribution in [3.63, 3.8) is 0 Å². The molecule has 0 bridgehead atoms. The molecule has 2 N–H and O–H groups in total. The molecule has 0 aliphatic heterocycles. The normalized spacial score (nSPS) is 11.1. The van der Waals surface area contributed by atoms with Gasteiger partial charge in [0.25, 0.3) is 0 Å². The molecule has 0 spiro atoms. The Hall–Kier alpha value is -2.01. The molecule has 0 aliphatic rings. The van der Waals surface area contributed by atoms with E-state index in [1.54, 1.807) is 31.0 Å². The fourth-order valence-electron chi connectivity index (χ4n) is 2.52. The topological polar surface area (TPSA) is 80.0 Å². The number of hydrogen-bond donors (Lipinski definition) is 2. The van der Waals surface area contributed by atoms with Gasteiger partial charge in [0.05, 0.1) is 18.8 Å². The van der Waals surface area contributed by atoms with E-state index >= 15 is 0 Å². The predicted octanol–water partition coefficient (Wildman–Crippen LogP) is 2.88. The van der Waals surface area contributed by atoms with Crippen LogP contribution in [0.4, 0.5) is 0 Å². The second-order valence-electron chi connectivity index (χ2n) is 5.94. The monoisotopic (exact) mass is 497 g/mol. The number of nitrogens with zero attached hydrogens (tertiary/aromatic N) is 5. The fourth-order valence-corrected chi connectivity index (χ4v) is 3.39. The average molecular weight is 497 g/mol. The number of halogens is 1. The third-order valence-electron chi connectivity index (χ3n) is 3.97. The Morgan fingerprint density at radius 1 is 1.19 bits per heavy atom. The summed E-state index contributed by atoms with van der Waals surface area (Å²) in [6, 6.07) is 8.40. The van der Waals surface area contributed by atoms with Crippen molar-refractivity contribution in [1.82, 2.24) is 30.4 Å². The minimum Gasteiger partial charge on any atom is -0.352 e. The predicted molar refractivity (Wildman–Crippen MR) is 120 cm³/mol. The van der Waals surface area contributed by atoms with Crippen LogP contribution in [0, 0.1) is 13.8 Å². The van der Waals surface area contributed by atoms with Crippen LogP contribution in [-0.4, -0.2) is 32.8 Å². The number of aromatic nitrogens is 4. The minimum absolute atomic E-state index is 0. The summed E-state index contributed by atoms with van der Waals surface area (Å²) < 4.78 is 1.81. The number of aryl methyl sites for hydroxylation is 2. The van der Waals surface area contributed by atoms with Gasteiger partial charge in [-0.25, -0.2) is 14.6 Å². The molecule has 0 unspecified atom stereocenters. The van der Waals surface area contributed by atoms with Gasteiger partial charge in [0.1, 0.15) is 17.7 Å². The maximum absolute atomic E-state index is 4.54. The molecule has 7 nitrogen and oxygen atoms in total. The van der Waals surface area contributed by atoms with E-state index in [9.17, 15) is 0 Å². The van der Waals surface area contributed by atoms with Gasteiger partial charge in [-0.3, -0.25) is 4.99 Å². The summed E-state index contributed by atoms with van der Waals surface area (Å²) in [5.41, 5.74) is 3.47. The van der Waals surface area contributed by atoms with Crippen LogP contribution < -0.4 is 10.6 Å². The molecule has 0 atom stereocenters. The van der Waals surface area contributed by atoms with Crippen molar-refractivity contribution in [1.29, 1.82) is 0 Å². The molecule has 3 rings (SSSR count). The van der Waals surface area contributed by atoms with Gasteiger partial charge in [-0.15, -0.1) is 35.3 Å². The van der Waals surface area contributed by atoms with E-state index < -0.39 is 0 Å². The Morgan fingerprint density at radius 2 is 1.96 bits per heavy atom. The Balaban J connectivity index is 0.00000261. The second kappa shape index (κ2) is 10.4. The van der Waals surface area contributed by atoms with E-state index in [1.165, 1.54) is 16.0 Å². The number of guanidine groups is 1. The average Bonchev–Trinajstić information content (AvgIpc) is 3.25. The molecule has 2 aromatic heterocycles. The molecular formula is C18H24IN7S. The van der Waals surface area contributed by atoms with Gasteiger partial charge in [-0.05, 0) is 25.0 Å². The van der Waals surface area contributed by atoms with Gasteiger partial charge < -0.3 is 10.6 Å². The molecule has 0 fully saturated rings. The molecule has 0 radical (unpaired) electrons. The van der Waals surface area contributed by atoms with Crippen LogP contribution >= 0.6 is 35.3 Å². The number of hydrogen-bond acceptors (Lipinski definition) is 5. The molecule has 2 heterocycles.